The monoisotopic (exact) mass is 391 g/mol. The lowest BCUT2D eigenvalue weighted by Crippen LogP contribution is -3.15. The van der Waals surface area contributed by atoms with Gasteiger partial charge >= 0.3 is 0 Å². The minimum Gasteiger partial charge on any atom is -0.378 e. The zero-order valence-corrected chi connectivity index (χ0v) is 17.1. The molecule has 2 atom stereocenters. The lowest BCUT2D eigenvalue weighted by molar-refractivity contribution is -0.886. The molecule has 0 bridgehead atoms. The first-order chi connectivity index (χ1) is 13.3. The molecule has 0 saturated carbocycles. The number of amides is 3. The fourth-order valence-electron chi connectivity index (χ4n) is 3.06. The summed E-state index contributed by atoms with van der Waals surface area (Å²) in [6.07, 6.45) is 0. The van der Waals surface area contributed by atoms with Gasteiger partial charge in [-0.2, -0.15) is 0 Å². The summed E-state index contributed by atoms with van der Waals surface area (Å²) in [7, 11) is 1.80. The molecule has 154 valence electrons. The van der Waals surface area contributed by atoms with Gasteiger partial charge in [-0.1, -0.05) is 18.2 Å². The van der Waals surface area contributed by atoms with Crippen LogP contribution >= 0.6 is 0 Å². The second kappa shape index (κ2) is 10.2. The van der Waals surface area contributed by atoms with E-state index in [1.54, 1.807) is 18.9 Å². The van der Waals surface area contributed by atoms with Gasteiger partial charge < -0.3 is 25.2 Å². The molecule has 3 N–H and O–H groups in total. The van der Waals surface area contributed by atoms with E-state index in [1.165, 1.54) is 0 Å². The highest BCUT2D eigenvalue weighted by molar-refractivity contribution is 5.96. The number of nitrogens with zero attached hydrogens (tertiary/aromatic N) is 1. The van der Waals surface area contributed by atoms with Gasteiger partial charge in [-0.3, -0.25) is 14.4 Å². The Morgan fingerprint density at radius 2 is 1.79 bits per heavy atom. The fraction of sp³-hybridized carbons (Fsp3) is 0.550. The number of likely N-dealkylation sites (N-methyl/N-ethyl adjacent to an activating group) is 1. The van der Waals surface area contributed by atoms with Crippen LogP contribution in [0.15, 0.2) is 18.2 Å². The van der Waals surface area contributed by atoms with Crippen molar-refractivity contribution in [3.63, 3.8) is 0 Å². The van der Waals surface area contributed by atoms with Crippen LogP contribution in [0.3, 0.4) is 0 Å². The van der Waals surface area contributed by atoms with Gasteiger partial charge in [0, 0.05) is 18.8 Å². The number of ether oxygens (including phenoxy) is 1. The summed E-state index contributed by atoms with van der Waals surface area (Å²) in [4.78, 5) is 39.4. The van der Waals surface area contributed by atoms with Crippen LogP contribution in [0.5, 0.6) is 0 Å². The van der Waals surface area contributed by atoms with Crippen LogP contribution in [-0.2, 0) is 19.1 Å². The normalized spacial score (nSPS) is 16.2. The van der Waals surface area contributed by atoms with Gasteiger partial charge in [0.2, 0.25) is 5.91 Å². The zero-order chi connectivity index (χ0) is 20.7. The first-order valence-corrected chi connectivity index (χ1v) is 9.61. The Bertz CT molecular complexity index is 696. The van der Waals surface area contributed by atoms with E-state index >= 15 is 0 Å². The number of carbonyl (C=O) groups excluding carboxylic acids is 3. The fourth-order valence-corrected chi connectivity index (χ4v) is 3.06. The highest BCUT2D eigenvalue weighted by Crippen LogP contribution is 2.18. The number of aryl methyl sites for hydroxylation is 2. The topological polar surface area (TPSA) is 92.2 Å². The predicted molar refractivity (Wildman–Crippen MR) is 106 cm³/mol. The maximum Gasteiger partial charge on any atom is 0.278 e. The molecule has 28 heavy (non-hydrogen) atoms. The molecule has 0 radical (unpaired) electrons. The number of benzene rings is 1. The molecule has 1 unspecified atom stereocenters. The maximum absolute atomic E-state index is 12.4. The number of hydrogen-bond donors (Lipinski definition) is 3. The molecule has 0 aliphatic carbocycles. The molecule has 1 fully saturated rings. The second-order valence-corrected chi connectivity index (χ2v) is 7.27. The van der Waals surface area contributed by atoms with Crippen LogP contribution < -0.4 is 15.5 Å². The van der Waals surface area contributed by atoms with Crippen molar-refractivity contribution in [3.8, 4) is 0 Å². The molecule has 1 aliphatic rings. The average molecular weight is 391 g/mol. The lowest BCUT2D eigenvalue weighted by Gasteiger charge is -2.28. The Hall–Kier alpha value is -2.45. The van der Waals surface area contributed by atoms with Crippen molar-refractivity contribution >= 4 is 23.4 Å². The third kappa shape index (κ3) is 6.03. The molecule has 1 saturated heterocycles. The van der Waals surface area contributed by atoms with Gasteiger partial charge in [-0.05, 0) is 31.9 Å². The van der Waals surface area contributed by atoms with Crippen molar-refractivity contribution in [1.29, 1.82) is 0 Å². The molecule has 8 nitrogen and oxygen atoms in total. The van der Waals surface area contributed by atoms with Gasteiger partial charge in [-0.15, -0.1) is 0 Å². The third-order valence-corrected chi connectivity index (χ3v) is 5.10. The van der Waals surface area contributed by atoms with Gasteiger partial charge in [-0.25, -0.2) is 0 Å². The quantitative estimate of drug-likeness (QED) is 0.563. The van der Waals surface area contributed by atoms with E-state index in [1.807, 2.05) is 32.0 Å². The highest BCUT2D eigenvalue weighted by Gasteiger charge is 2.27. The molecule has 3 amide bonds. The summed E-state index contributed by atoms with van der Waals surface area (Å²) in [5.74, 6) is -0.530. The van der Waals surface area contributed by atoms with E-state index in [0.29, 0.717) is 26.3 Å². The highest BCUT2D eigenvalue weighted by atomic mass is 16.5. The minimum absolute atomic E-state index is 0.00761. The van der Waals surface area contributed by atoms with E-state index < -0.39 is 6.04 Å². The summed E-state index contributed by atoms with van der Waals surface area (Å²) in [5.41, 5.74) is 2.71. The minimum atomic E-state index is -0.446. The second-order valence-electron chi connectivity index (χ2n) is 7.27. The maximum atomic E-state index is 12.4. The number of nitrogens with one attached hydrogen (secondary N) is 3. The van der Waals surface area contributed by atoms with E-state index in [2.05, 4.69) is 10.6 Å². The number of morpholine rings is 1. The molecule has 1 aromatic rings. The van der Waals surface area contributed by atoms with Crippen molar-refractivity contribution in [1.82, 2.24) is 10.2 Å². The SMILES string of the molecule is Cc1cccc(C)c1NC(=O)CNC(=O)[C@@H](C)[NH+](C)CC(=O)N1CCOCC1. The Morgan fingerprint density at radius 3 is 2.39 bits per heavy atom. The lowest BCUT2D eigenvalue weighted by atomic mass is 10.1. The van der Waals surface area contributed by atoms with E-state index in [9.17, 15) is 14.4 Å². The van der Waals surface area contributed by atoms with Gasteiger partial charge in [0.05, 0.1) is 26.8 Å². The number of hydrogen-bond acceptors (Lipinski definition) is 4. The smallest absolute Gasteiger partial charge is 0.278 e. The number of para-hydroxylation sites is 1. The standard InChI is InChI=1S/C20H30N4O4/c1-14-6-5-7-15(2)19(14)22-17(25)12-21-20(27)16(3)23(4)13-18(26)24-8-10-28-11-9-24/h5-7,16H,8-13H2,1-4H3,(H,21,27)(H,22,25)/p+1/t16-/m1/s1. The van der Waals surface area contributed by atoms with E-state index in [4.69, 9.17) is 4.74 Å². The Labute approximate surface area is 166 Å². The van der Waals surface area contributed by atoms with E-state index in [-0.39, 0.29) is 30.8 Å². The van der Waals surface area contributed by atoms with Crippen molar-refractivity contribution in [2.75, 3.05) is 51.8 Å². The summed E-state index contributed by atoms with van der Waals surface area (Å²) >= 11 is 0. The molecular formula is C20H31N4O4+. The summed E-state index contributed by atoms with van der Waals surface area (Å²) in [5, 5.41) is 5.50. The molecule has 0 spiro atoms. The van der Waals surface area contributed by atoms with Crippen LogP contribution in [0.2, 0.25) is 0 Å². The Balaban J connectivity index is 1.79. The number of rotatable bonds is 7. The van der Waals surface area contributed by atoms with Crippen molar-refractivity contribution < 1.29 is 24.0 Å². The zero-order valence-electron chi connectivity index (χ0n) is 17.1. The van der Waals surface area contributed by atoms with Crippen LogP contribution in [0, 0.1) is 13.8 Å². The summed E-state index contributed by atoms with van der Waals surface area (Å²) < 4.78 is 5.25. The van der Waals surface area contributed by atoms with Crippen LogP contribution in [0.1, 0.15) is 18.1 Å². The first kappa shape index (κ1) is 21.8. The summed E-state index contributed by atoms with van der Waals surface area (Å²) in [6, 6.07) is 5.33. The molecular weight excluding hydrogens is 360 g/mol. The van der Waals surface area contributed by atoms with Crippen molar-refractivity contribution in [2.45, 2.75) is 26.8 Å². The molecule has 1 aliphatic heterocycles. The van der Waals surface area contributed by atoms with Crippen LogP contribution in [-0.4, -0.2) is 75.1 Å². The first-order valence-electron chi connectivity index (χ1n) is 9.61. The van der Waals surface area contributed by atoms with E-state index in [0.717, 1.165) is 21.7 Å². The Kier molecular flexibility index (Phi) is 7.95. The summed E-state index contributed by atoms with van der Waals surface area (Å²) in [6.45, 7) is 7.99. The molecule has 0 aromatic heterocycles. The third-order valence-electron chi connectivity index (χ3n) is 5.10. The van der Waals surface area contributed by atoms with Gasteiger partial charge in [0.1, 0.15) is 0 Å². The number of anilines is 1. The van der Waals surface area contributed by atoms with Crippen molar-refractivity contribution in [2.24, 2.45) is 0 Å². The van der Waals surface area contributed by atoms with Crippen molar-refractivity contribution in [3.05, 3.63) is 29.3 Å². The molecule has 8 heteroatoms. The predicted octanol–water partition coefficient (Wildman–Crippen LogP) is -0.880. The largest absolute Gasteiger partial charge is 0.378 e. The molecule has 1 aromatic carbocycles. The molecule has 2 rings (SSSR count). The number of carbonyl (C=O) groups is 3. The Morgan fingerprint density at radius 1 is 1.18 bits per heavy atom. The van der Waals surface area contributed by atoms with Crippen LogP contribution in [0.25, 0.3) is 0 Å². The van der Waals surface area contributed by atoms with Gasteiger partial charge in [0.15, 0.2) is 12.6 Å². The van der Waals surface area contributed by atoms with Gasteiger partial charge in [0.25, 0.3) is 11.8 Å². The molecule has 1 heterocycles. The average Bonchev–Trinajstić information content (AvgIpc) is 2.69. The number of quaternary nitrogens is 1. The van der Waals surface area contributed by atoms with Crippen LogP contribution in [0.4, 0.5) is 5.69 Å².